The summed E-state index contributed by atoms with van der Waals surface area (Å²) in [5, 5.41) is 2.87. The van der Waals surface area contributed by atoms with Crippen LogP contribution in [0.4, 0.5) is 19.6 Å². The Morgan fingerprint density at radius 2 is 1.71 bits per heavy atom. The first-order valence-corrected chi connectivity index (χ1v) is 8.03. The minimum atomic E-state index is -0.548. The molecule has 3 rings (SSSR count). The van der Waals surface area contributed by atoms with Crippen LogP contribution in [-0.2, 0) is 5.88 Å². The lowest BCUT2D eigenvalue weighted by molar-refractivity contribution is 0.555. The van der Waals surface area contributed by atoms with Gasteiger partial charge in [0.2, 0.25) is 0 Å². The van der Waals surface area contributed by atoms with Crippen LogP contribution in [0.2, 0.25) is 0 Å². The van der Waals surface area contributed by atoms with Crippen molar-refractivity contribution in [1.29, 1.82) is 0 Å². The van der Waals surface area contributed by atoms with Crippen LogP contribution in [0.3, 0.4) is 0 Å². The van der Waals surface area contributed by atoms with Gasteiger partial charge in [-0.1, -0.05) is 0 Å². The van der Waals surface area contributed by atoms with E-state index in [1.165, 1.54) is 12.1 Å². The maximum absolute atomic E-state index is 14.1. The highest BCUT2D eigenvalue weighted by atomic mass is 35.5. The largest absolute Gasteiger partial charge is 0.363 e. The first kappa shape index (κ1) is 14.5. The molecule has 1 aliphatic heterocycles. The first-order chi connectivity index (χ1) is 10.2. The van der Waals surface area contributed by atoms with Gasteiger partial charge in [-0.2, -0.15) is 0 Å². The molecule has 3 nitrogen and oxygen atoms in total. The van der Waals surface area contributed by atoms with E-state index in [2.05, 4.69) is 9.88 Å². The monoisotopic (exact) mass is 329 g/mol. The van der Waals surface area contributed by atoms with E-state index in [0.29, 0.717) is 31.7 Å². The Labute approximate surface area is 130 Å². The molecule has 0 N–H and O–H groups in total. The molecule has 1 aromatic carbocycles. The third-order valence-corrected chi connectivity index (χ3v) is 4.66. The van der Waals surface area contributed by atoms with Crippen LogP contribution >= 0.6 is 22.9 Å². The van der Waals surface area contributed by atoms with Gasteiger partial charge in [-0.05, 0) is 17.7 Å². The number of alkyl halides is 1. The van der Waals surface area contributed by atoms with Gasteiger partial charge in [0.15, 0.2) is 5.13 Å². The SMILES string of the molecule is Fc1cc(CCl)cc(F)c1N1CCN(c2nccs2)CC1. The van der Waals surface area contributed by atoms with Gasteiger partial charge < -0.3 is 9.80 Å². The highest BCUT2D eigenvalue weighted by molar-refractivity contribution is 7.13. The summed E-state index contributed by atoms with van der Waals surface area (Å²) < 4.78 is 28.2. The van der Waals surface area contributed by atoms with Gasteiger partial charge in [0, 0.05) is 43.6 Å². The molecule has 0 saturated carbocycles. The molecule has 0 unspecified atom stereocenters. The van der Waals surface area contributed by atoms with E-state index in [4.69, 9.17) is 11.6 Å². The summed E-state index contributed by atoms with van der Waals surface area (Å²) >= 11 is 7.20. The normalized spacial score (nSPS) is 15.6. The topological polar surface area (TPSA) is 19.4 Å². The number of benzene rings is 1. The maximum Gasteiger partial charge on any atom is 0.185 e. The lowest BCUT2D eigenvalue weighted by Crippen LogP contribution is -2.47. The predicted octanol–water partition coefficient (Wildman–Crippen LogP) is 3.49. The zero-order valence-corrected chi connectivity index (χ0v) is 12.8. The van der Waals surface area contributed by atoms with Crippen molar-refractivity contribution in [3.63, 3.8) is 0 Å². The molecule has 0 amide bonds. The summed E-state index contributed by atoms with van der Waals surface area (Å²) in [6.45, 7) is 2.52. The van der Waals surface area contributed by atoms with Crippen LogP contribution in [-0.4, -0.2) is 31.2 Å². The Morgan fingerprint density at radius 3 is 2.24 bits per heavy atom. The molecule has 112 valence electrons. The summed E-state index contributed by atoms with van der Waals surface area (Å²) in [7, 11) is 0. The van der Waals surface area contributed by atoms with Crippen LogP contribution in [0.5, 0.6) is 0 Å². The fourth-order valence-electron chi connectivity index (χ4n) is 2.49. The molecule has 7 heteroatoms. The molecule has 0 spiro atoms. The fraction of sp³-hybridized carbons (Fsp3) is 0.357. The predicted molar refractivity (Wildman–Crippen MR) is 82.5 cm³/mol. The number of nitrogens with zero attached hydrogens (tertiary/aromatic N) is 3. The van der Waals surface area contributed by atoms with Crippen molar-refractivity contribution in [1.82, 2.24) is 4.98 Å². The summed E-state index contributed by atoms with van der Waals surface area (Å²) in [4.78, 5) is 8.13. The van der Waals surface area contributed by atoms with Crippen LogP contribution in [0.15, 0.2) is 23.7 Å². The van der Waals surface area contributed by atoms with Gasteiger partial charge in [0.25, 0.3) is 0 Å². The quantitative estimate of drug-likeness (QED) is 0.804. The fourth-order valence-corrected chi connectivity index (χ4v) is 3.34. The highest BCUT2D eigenvalue weighted by Crippen LogP contribution is 2.28. The number of aromatic nitrogens is 1. The van der Waals surface area contributed by atoms with Gasteiger partial charge in [-0.25, -0.2) is 13.8 Å². The van der Waals surface area contributed by atoms with E-state index < -0.39 is 11.6 Å². The smallest absolute Gasteiger partial charge is 0.185 e. The molecule has 1 fully saturated rings. The Morgan fingerprint density at radius 1 is 1.10 bits per heavy atom. The van der Waals surface area contributed by atoms with E-state index >= 15 is 0 Å². The summed E-state index contributed by atoms with van der Waals surface area (Å²) in [6.07, 6.45) is 1.76. The van der Waals surface area contributed by atoms with Crippen molar-refractivity contribution in [3.05, 3.63) is 40.9 Å². The molecule has 21 heavy (non-hydrogen) atoms. The number of hydrogen-bond acceptors (Lipinski definition) is 4. The number of rotatable bonds is 3. The number of piperazine rings is 1. The third kappa shape index (κ3) is 2.96. The summed E-state index contributed by atoms with van der Waals surface area (Å²) in [6, 6.07) is 2.61. The first-order valence-electron chi connectivity index (χ1n) is 6.62. The second-order valence-electron chi connectivity index (χ2n) is 4.83. The molecule has 0 radical (unpaired) electrons. The second kappa shape index (κ2) is 6.15. The zero-order chi connectivity index (χ0) is 14.8. The van der Waals surface area contributed by atoms with E-state index in [9.17, 15) is 8.78 Å². The summed E-state index contributed by atoms with van der Waals surface area (Å²) in [5.74, 6) is -0.993. The molecule has 0 atom stereocenters. The molecule has 1 aliphatic rings. The van der Waals surface area contributed by atoms with Crippen molar-refractivity contribution in [2.75, 3.05) is 36.0 Å². The molecule has 0 aliphatic carbocycles. The van der Waals surface area contributed by atoms with E-state index in [-0.39, 0.29) is 11.6 Å². The Balaban J connectivity index is 1.75. The third-order valence-electron chi connectivity index (χ3n) is 3.52. The van der Waals surface area contributed by atoms with E-state index in [1.54, 1.807) is 22.4 Å². The van der Waals surface area contributed by atoms with E-state index in [0.717, 1.165) is 5.13 Å². The number of anilines is 2. The molecular weight excluding hydrogens is 316 g/mol. The number of hydrogen-bond donors (Lipinski definition) is 0. The molecule has 2 heterocycles. The van der Waals surface area contributed by atoms with Gasteiger partial charge >= 0.3 is 0 Å². The lowest BCUT2D eigenvalue weighted by atomic mass is 10.1. The van der Waals surface area contributed by atoms with Crippen LogP contribution in [0.25, 0.3) is 0 Å². The number of thiazole rings is 1. The minimum Gasteiger partial charge on any atom is -0.363 e. The standard InChI is InChI=1S/C14H14ClF2N3S/c15-9-10-7-11(16)13(12(17)8-10)19-2-4-20(5-3-19)14-18-1-6-21-14/h1,6-8H,2-5,9H2. The van der Waals surface area contributed by atoms with Crippen LogP contribution in [0.1, 0.15) is 5.56 Å². The van der Waals surface area contributed by atoms with Crippen molar-refractivity contribution in [2.45, 2.75) is 5.88 Å². The minimum absolute atomic E-state index is 0.0441. The zero-order valence-electron chi connectivity index (χ0n) is 11.2. The van der Waals surface area contributed by atoms with Crippen molar-refractivity contribution >= 4 is 33.8 Å². The Bertz CT molecular complexity index is 590. The van der Waals surface area contributed by atoms with Gasteiger partial charge in [-0.3, -0.25) is 0 Å². The van der Waals surface area contributed by atoms with E-state index in [1.807, 2.05) is 5.38 Å². The number of halogens is 3. The van der Waals surface area contributed by atoms with Crippen molar-refractivity contribution in [3.8, 4) is 0 Å². The molecule has 2 aromatic rings. The van der Waals surface area contributed by atoms with Gasteiger partial charge in [0.1, 0.15) is 17.3 Å². The van der Waals surface area contributed by atoms with Gasteiger partial charge in [-0.15, -0.1) is 22.9 Å². The molecule has 1 saturated heterocycles. The van der Waals surface area contributed by atoms with Crippen LogP contribution < -0.4 is 9.80 Å². The summed E-state index contributed by atoms with van der Waals surface area (Å²) in [5.41, 5.74) is 0.500. The molecule has 0 bridgehead atoms. The van der Waals surface area contributed by atoms with Crippen molar-refractivity contribution < 1.29 is 8.78 Å². The maximum atomic E-state index is 14.1. The lowest BCUT2D eigenvalue weighted by Gasteiger charge is -2.36. The van der Waals surface area contributed by atoms with Gasteiger partial charge in [0.05, 0.1) is 0 Å². The molecule has 1 aromatic heterocycles. The Kier molecular flexibility index (Phi) is 4.26. The second-order valence-corrected chi connectivity index (χ2v) is 5.97. The van der Waals surface area contributed by atoms with Crippen molar-refractivity contribution in [2.24, 2.45) is 0 Å². The molecular formula is C14H14ClF2N3S. The average Bonchev–Trinajstić information content (AvgIpc) is 3.01. The average molecular weight is 330 g/mol. The highest BCUT2D eigenvalue weighted by Gasteiger charge is 2.23. The van der Waals surface area contributed by atoms with Crippen LogP contribution in [0, 0.1) is 11.6 Å². The Hall–Kier alpha value is -1.40.